The molecule has 0 aliphatic carbocycles. The van der Waals surface area contributed by atoms with Crippen LogP contribution in [0.25, 0.3) is 0 Å². The van der Waals surface area contributed by atoms with Crippen LogP contribution in [0.4, 0.5) is 5.69 Å². The van der Waals surface area contributed by atoms with E-state index in [9.17, 15) is 18.0 Å². The van der Waals surface area contributed by atoms with Gasteiger partial charge < -0.3 is 15.0 Å². The second-order valence-electron chi connectivity index (χ2n) is 11.7. The Labute approximate surface area is 280 Å². The zero-order chi connectivity index (χ0) is 33.5. The van der Waals surface area contributed by atoms with Gasteiger partial charge in [0.15, 0.2) is 0 Å². The number of anilines is 1. The molecular weight excluding hydrogens is 645 g/mol. The van der Waals surface area contributed by atoms with Crippen LogP contribution in [0.15, 0.2) is 108 Å². The van der Waals surface area contributed by atoms with Crippen molar-refractivity contribution >= 4 is 50.7 Å². The molecule has 2 amide bonds. The van der Waals surface area contributed by atoms with Crippen LogP contribution in [0.1, 0.15) is 39.7 Å². The van der Waals surface area contributed by atoms with E-state index >= 15 is 0 Å². The third-order valence-corrected chi connectivity index (χ3v) is 9.46. The first-order chi connectivity index (χ1) is 21.8. The number of hydrogen-bond acceptors (Lipinski definition) is 5. The van der Waals surface area contributed by atoms with Crippen LogP contribution in [0.2, 0.25) is 10.0 Å². The molecule has 242 valence electrons. The average molecular weight is 683 g/mol. The topological polar surface area (TPSA) is 96.0 Å². The number of ether oxygens (including phenoxy) is 1. The number of carbonyl (C=O) groups is 2. The first kappa shape index (κ1) is 34.8. The van der Waals surface area contributed by atoms with E-state index in [0.717, 1.165) is 4.31 Å². The maximum absolute atomic E-state index is 14.3. The molecule has 0 aromatic heterocycles. The van der Waals surface area contributed by atoms with E-state index in [1.807, 2.05) is 39.0 Å². The van der Waals surface area contributed by atoms with Crippen molar-refractivity contribution in [3.8, 4) is 11.5 Å². The summed E-state index contributed by atoms with van der Waals surface area (Å²) in [5.74, 6) is 0.176. The molecule has 0 heterocycles. The molecule has 4 aromatic carbocycles. The Morgan fingerprint density at radius 3 is 1.98 bits per heavy atom. The quantitative estimate of drug-likeness (QED) is 0.165. The molecule has 0 spiro atoms. The maximum Gasteiger partial charge on any atom is 0.264 e. The highest BCUT2D eigenvalue weighted by Crippen LogP contribution is 2.29. The van der Waals surface area contributed by atoms with Crippen molar-refractivity contribution in [2.24, 2.45) is 0 Å². The Bertz CT molecular complexity index is 1750. The van der Waals surface area contributed by atoms with Gasteiger partial charge in [-0.15, -0.1) is 0 Å². The lowest BCUT2D eigenvalue weighted by molar-refractivity contribution is -0.141. The molecule has 0 radical (unpaired) electrons. The molecule has 1 atom stereocenters. The van der Waals surface area contributed by atoms with Gasteiger partial charge in [0.05, 0.1) is 20.6 Å². The lowest BCUT2D eigenvalue weighted by Gasteiger charge is -2.34. The fourth-order valence-corrected chi connectivity index (χ4v) is 6.52. The molecule has 11 heteroatoms. The minimum Gasteiger partial charge on any atom is -0.457 e. The number of nitrogens with zero attached hydrogens (tertiary/aromatic N) is 2. The van der Waals surface area contributed by atoms with Crippen LogP contribution < -0.4 is 14.4 Å². The molecule has 0 fully saturated rings. The molecule has 46 heavy (non-hydrogen) atoms. The van der Waals surface area contributed by atoms with E-state index in [4.69, 9.17) is 27.9 Å². The summed E-state index contributed by atoms with van der Waals surface area (Å²) in [6.07, 6.45) is 0.284. The van der Waals surface area contributed by atoms with Crippen LogP contribution in [0, 0.1) is 0 Å². The Kier molecular flexibility index (Phi) is 11.4. The van der Waals surface area contributed by atoms with Gasteiger partial charge in [-0.25, -0.2) is 8.42 Å². The Balaban J connectivity index is 1.73. The fourth-order valence-electron chi connectivity index (χ4n) is 4.76. The molecule has 4 rings (SSSR count). The van der Waals surface area contributed by atoms with Crippen LogP contribution >= 0.6 is 23.2 Å². The van der Waals surface area contributed by atoms with Gasteiger partial charge in [0.2, 0.25) is 11.8 Å². The van der Waals surface area contributed by atoms with Crippen LogP contribution in [-0.4, -0.2) is 43.3 Å². The number of nitrogens with one attached hydrogen (secondary N) is 1. The van der Waals surface area contributed by atoms with Gasteiger partial charge in [0.1, 0.15) is 24.1 Å². The average Bonchev–Trinajstić information content (AvgIpc) is 3.02. The summed E-state index contributed by atoms with van der Waals surface area (Å²) in [6, 6.07) is 27.6. The number of rotatable bonds is 12. The lowest BCUT2D eigenvalue weighted by Crippen LogP contribution is -2.55. The molecule has 0 bridgehead atoms. The lowest BCUT2D eigenvalue weighted by atomic mass is 10.1. The minimum atomic E-state index is -4.22. The van der Waals surface area contributed by atoms with Crippen molar-refractivity contribution in [2.45, 2.75) is 57.1 Å². The number of hydrogen-bond donors (Lipinski definition) is 1. The number of halogens is 2. The Morgan fingerprint density at radius 2 is 1.41 bits per heavy atom. The predicted molar refractivity (Wildman–Crippen MR) is 183 cm³/mol. The molecule has 4 aromatic rings. The molecule has 0 saturated heterocycles. The highest BCUT2D eigenvalue weighted by Gasteiger charge is 2.34. The van der Waals surface area contributed by atoms with Crippen molar-refractivity contribution in [1.82, 2.24) is 10.2 Å². The normalized spacial score (nSPS) is 12.2. The summed E-state index contributed by atoms with van der Waals surface area (Å²) in [6.45, 7) is 6.77. The van der Waals surface area contributed by atoms with Crippen LogP contribution in [0.5, 0.6) is 11.5 Å². The summed E-state index contributed by atoms with van der Waals surface area (Å²) in [7, 11) is -4.22. The first-order valence-electron chi connectivity index (χ1n) is 14.7. The van der Waals surface area contributed by atoms with Gasteiger partial charge >= 0.3 is 0 Å². The molecule has 1 unspecified atom stereocenters. The number of carbonyl (C=O) groups excluding carboxylic acids is 2. The highest BCUT2D eigenvalue weighted by atomic mass is 35.5. The largest absolute Gasteiger partial charge is 0.457 e. The molecule has 0 saturated carbocycles. The number of benzene rings is 4. The van der Waals surface area contributed by atoms with Gasteiger partial charge in [-0.3, -0.25) is 13.9 Å². The Hall–Kier alpha value is -4.05. The standard InChI is InChI=1S/C35H37Cl2N3O5S/c1-5-32(34(42)38-35(2,3)4)39(23-25-16-21-30(36)31(37)22-25)33(41)24-40(46(43,44)29-14-10-7-11-15-29)26-17-19-28(20-18-26)45-27-12-8-6-9-13-27/h6-22,32H,5,23-24H2,1-4H3,(H,38,42). The van der Waals surface area contributed by atoms with Crippen molar-refractivity contribution in [2.75, 3.05) is 10.8 Å². The second kappa shape index (κ2) is 15.0. The molecule has 1 N–H and O–H groups in total. The zero-order valence-corrected chi connectivity index (χ0v) is 28.4. The maximum atomic E-state index is 14.3. The smallest absolute Gasteiger partial charge is 0.264 e. The third kappa shape index (κ3) is 9.02. The third-order valence-electron chi connectivity index (χ3n) is 6.93. The van der Waals surface area contributed by atoms with Crippen molar-refractivity contribution < 1.29 is 22.7 Å². The van der Waals surface area contributed by atoms with Gasteiger partial charge in [-0.05, 0) is 93.4 Å². The second-order valence-corrected chi connectivity index (χ2v) is 14.3. The van der Waals surface area contributed by atoms with E-state index in [1.165, 1.54) is 17.0 Å². The monoisotopic (exact) mass is 681 g/mol. The van der Waals surface area contributed by atoms with Gasteiger partial charge in [0.25, 0.3) is 10.0 Å². The molecule has 0 aliphatic heterocycles. The van der Waals surface area contributed by atoms with Crippen LogP contribution in [0.3, 0.4) is 0 Å². The SMILES string of the molecule is CCC(C(=O)NC(C)(C)C)N(Cc1ccc(Cl)c(Cl)c1)C(=O)CN(c1ccc(Oc2ccccc2)cc1)S(=O)(=O)c1ccccc1. The summed E-state index contributed by atoms with van der Waals surface area (Å²) in [4.78, 5) is 29.2. The van der Waals surface area contributed by atoms with Crippen LogP contribution in [-0.2, 0) is 26.2 Å². The molecular formula is C35H37Cl2N3O5S. The first-order valence-corrected chi connectivity index (χ1v) is 16.9. The van der Waals surface area contributed by atoms with E-state index < -0.39 is 34.1 Å². The van der Waals surface area contributed by atoms with Crippen molar-refractivity contribution in [3.05, 3.63) is 119 Å². The zero-order valence-electron chi connectivity index (χ0n) is 26.1. The van der Waals surface area contributed by atoms with E-state index in [1.54, 1.807) is 79.7 Å². The molecule has 0 aliphatic rings. The molecule has 8 nitrogen and oxygen atoms in total. The number of amides is 2. The number of sulfonamides is 1. The van der Waals surface area contributed by atoms with Crippen molar-refractivity contribution in [1.29, 1.82) is 0 Å². The summed E-state index contributed by atoms with van der Waals surface area (Å²) < 4.78 is 35.1. The predicted octanol–water partition coefficient (Wildman–Crippen LogP) is 7.70. The van der Waals surface area contributed by atoms with E-state index in [0.29, 0.717) is 27.1 Å². The minimum absolute atomic E-state index is 0.00509. The summed E-state index contributed by atoms with van der Waals surface area (Å²) in [5, 5.41) is 3.60. The highest BCUT2D eigenvalue weighted by molar-refractivity contribution is 7.92. The van der Waals surface area contributed by atoms with Gasteiger partial charge in [0, 0.05) is 12.1 Å². The van der Waals surface area contributed by atoms with E-state index in [-0.39, 0.29) is 29.5 Å². The Morgan fingerprint density at radius 1 is 0.826 bits per heavy atom. The van der Waals surface area contributed by atoms with Gasteiger partial charge in [-0.2, -0.15) is 0 Å². The summed E-state index contributed by atoms with van der Waals surface area (Å²) in [5.41, 5.74) is 0.318. The fraction of sp³-hybridized carbons (Fsp3) is 0.257. The summed E-state index contributed by atoms with van der Waals surface area (Å²) >= 11 is 12.4. The van der Waals surface area contributed by atoms with E-state index in [2.05, 4.69) is 5.32 Å². The number of para-hydroxylation sites is 1. The van der Waals surface area contributed by atoms with Gasteiger partial charge in [-0.1, -0.05) is 72.6 Å². The van der Waals surface area contributed by atoms with Crippen molar-refractivity contribution in [3.63, 3.8) is 0 Å².